The van der Waals surface area contributed by atoms with Crippen LogP contribution in [-0.2, 0) is 4.74 Å². The Morgan fingerprint density at radius 2 is 1.72 bits per heavy atom. The van der Waals surface area contributed by atoms with Gasteiger partial charge in [0.1, 0.15) is 11.9 Å². The molecule has 0 aliphatic carbocycles. The van der Waals surface area contributed by atoms with Crippen LogP contribution in [0.25, 0.3) is 0 Å². The molecule has 0 saturated heterocycles. The summed E-state index contributed by atoms with van der Waals surface area (Å²) < 4.78 is 11.1. The molecule has 1 atom stereocenters. The van der Waals surface area contributed by atoms with Gasteiger partial charge in [0.05, 0.1) is 0 Å². The zero-order valence-corrected chi connectivity index (χ0v) is 15.5. The summed E-state index contributed by atoms with van der Waals surface area (Å²) in [4.78, 5) is 12.3. The Balaban J connectivity index is 2.02. The van der Waals surface area contributed by atoms with Crippen molar-refractivity contribution < 1.29 is 14.3 Å². The molecule has 0 saturated carbocycles. The minimum atomic E-state index is -0.641. The van der Waals surface area contributed by atoms with Gasteiger partial charge in [-0.2, -0.15) is 0 Å². The number of unbranched alkanes of at least 4 members (excludes halogenated alkanes) is 3. The summed E-state index contributed by atoms with van der Waals surface area (Å²) in [6, 6.07) is 15.6. The number of ether oxygens (including phenoxy) is 2. The molecule has 0 fully saturated rings. The average molecular weight is 340 g/mol. The van der Waals surface area contributed by atoms with E-state index in [-0.39, 0.29) is 6.10 Å². The molecule has 2 aromatic carbocycles. The molecule has 2 aromatic rings. The van der Waals surface area contributed by atoms with Crippen LogP contribution in [-0.4, -0.2) is 6.16 Å². The van der Waals surface area contributed by atoms with Crippen molar-refractivity contribution in [2.45, 2.75) is 59.0 Å². The maximum absolute atomic E-state index is 12.3. The quantitative estimate of drug-likeness (QED) is 0.311. The largest absolute Gasteiger partial charge is 0.514 e. The monoisotopic (exact) mass is 340 g/mol. The summed E-state index contributed by atoms with van der Waals surface area (Å²) in [6.07, 6.45) is 4.47. The molecule has 0 radical (unpaired) electrons. The highest BCUT2D eigenvalue weighted by Crippen LogP contribution is 2.26. The number of hydrogen-bond donors (Lipinski definition) is 0. The third kappa shape index (κ3) is 5.93. The molecule has 0 amide bonds. The first-order valence-corrected chi connectivity index (χ1v) is 9.11. The van der Waals surface area contributed by atoms with Crippen molar-refractivity contribution in [3.05, 3.63) is 65.2 Å². The summed E-state index contributed by atoms with van der Waals surface area (Å²) in [7, 11) is 0. The van der Waals surface area contributed by atoms with E-state index in [1.54, 1.807) is 6.07 Å². The standard InChI is InChI=1S/C22H28O3/c1-4-5-6-10-15-21(19-13-8-7-9-14-19)25-22(23)24-20-16-11-12-17(2)18(20)3/h7-9,11-14,16,21H,4-6,10,15H2,1-3H3. The van der Waals surface area contributed by atoms with E-state index in [4.69, 9.17) is 9.47 Å². The smallest absolute Gasteiger partial charge is 0.426 e. The summed E-state index contributed by atoms with van der Waals surface area (Å²) in [5, 5.41) is 0. The van der Waals surface area contributed by atoms with E-state index in [0.717, 1.165) is 36.0 Å². The number of benzene rings is 2. The minimum Gasteiger partial charge on any atom is -0.426 e. The van der Waals surface area contributed by atoms with Crippen molar-refractivity contribution in [2.75, 3.05) is 0 Å². The van der Waals surface area contributed by atoms with Crippen molar-refractivity contribution >= 4 is 6.16 Å². The SMILES string of the molecule is CCCCCCC(OC(=O)Oc1cccc(C)c1C)c1ccccc1. The molecule has 1 unspecified atom stereocenters. The highest BCUT2D eigenvalue weighted by atomic mass is 16.7. The molecular formula is C22H28O3. The molecular weight excluding hydrogens is 312 g/mol. The van der Waals surface area contributed by atoms with Crippen LogP contribution in [0.4, 0.5) is 4.79 Å². The number of carbonyl (C=O) groups is 1. The minimum absolute atomic E-state index is 0.268. The Labute approximate surface area is 151 Å². The molecule has 134 valence electrons. The number of rotatable bonds is 8. The second-order valence-electron chi connectivity index (χ2n) is 6.42. The Hall–Kier alpha value is -2.29. The molecule has 3 heteroatoms. The Morgan fingerprint density at radius 1 is 0.960 bits per heavy atom. The van der Waals surface area contributed by atoms with E-state index in [9.17, 15) is 4.79 Å². The summed E-state index contributed by atoms with van der Waals surface area (Å²) >= 11 is 0. The zero-order valence-electron chi connectivity index (χ0n) is 15.5. The molecule has 0 N–H and O–H groups in total. The lowest BCUT2D eigenvalue weighted by Crippen LogP contribution is -2.16. The summed E-state index contributed by atoms with van der Waals surface area (Å²) in [5.74, 6) is 0.558. The number of aryl methyl sites for hydroxylation is 1. The van der Waals surface area contributed by atoms with E-state index in [0.29, 0.717) is 5.75 Å². The van der Waals surface area contributed by atoms with E-state index >= 15 is 0 Å². The second-order valence-corrected chi connectivity index (χ2v) is 6.42. The van der Waals surface area contributed by atoms with Gasteiger partial charge in [-0.1, -0.05) is 68.7 Å². The molecule has 25 heavy (non-hydrogen) atoms. The highest BCUT2D eigenvalue weighted by Gasteiger charge is 2.18. The Bertz CT molecular complexity index is 664. The average Bonchev–Trinajstić information content (AvgIpc) is 2.62. The van der Waals surface area contributed by atoms with Gasteiger partial charge in [-0.25, -0.2) is 4.79 Å². The highest BCUT2D eigenvalue weighted by molar-refractivity contribution is 5.65. The van der Waals surface area contributed by atoms with Crippen LogP contribution in [0.5, 0.6) is 5.75 Å². The maximum atomic E-state index is 12.3. The van der Waals surface area contributed by atoms with E-state index in [1.807, 2.05) is 56.3 Å². The molecule has 0 heterocycles. The fourth-order valence-corrected chi connectivity index (χ4v) is 2.78. The first kappa shape index (κ1) is 19.0. The van der Waals surface area contributed by atoms with Crippen molar-refractivity contribution in [1.82, 2.24) is 0 Å². The lowest BCUT2D eigenvalue weighted by Gasteiger charge is -2.18. The third-order valence-corrected chi connectivity index (χ3v) is 4.48. The topological polar surface area (TPSA) is 35.5 Å². The van der Waals surface area contributed by atoms with Crippen LogP contribution in [0.3, 0.4) is 0 Å². The lowest BCUT2D eigenvalue weighted by molar-refractivity contribution is 0.0526. The van der Waals surface area contributed by atoms with Crippen LogP contribution in [0.15, 0.2) is 48.5 Å². The lowest BCUT2D eigenvalue weighted by atomic mass is 10.0. The summed E-state index contributed by atoms with van der Waals surface area (Å²) in [6.45, 7) is 6.12. The van der Waals surface area contributed by atoms with Crippen molar-refractivity contribution in [3.63, 3.8) is 0 Å². The van der Waals surface area contributed by atoms with Crippen molar-refractivity contribution in [2.24, 2.45) is 0 Å². The molecule has 0 spiro atoms. The molecule has 0 aliphatic rings. The third-order valence-electron chi connectivity index (χ3n) is 4.48. The maximum Gasteiger partial charge on any atom is 0.514 e. The first-order valence-electron chi connectivity index (χ1n) is 9.11. The van der Waals surface area contributed by atoms with Crippen molar-refractivity contribution in [1.29, 1.82) is 0 Å². The van der Waals surface area contributed by atoms with Gasteiger partial charge >= 0.3 is 6.16 Å². The van der Waals surface area contributed by atoms with Crippen LogP contribution in [0.2, 0.25) is 0 Å². The van der Waals surface area contributed by atoms with E-state index in [1.165, 1.54) is 12.8 Å². The van der Waals surface area contributed by atoms with Crippen LogP contribution in [0, 0.1) is 13.8 Å². The predicted octanol–water partition coefficient (Wildman–Crippen LogP) is 6.53. The molecule has 3 nitrogen and oxygen atoms in total. The molecule has 0 aliphatic heterocycles. The normalized spacial score (nSPS) is 11.8. The fourth-order valence-electron chi connectivity index (χ4n) is 2.78. The molecule has 0 bridgehead atoms. The van der Waals surface area contributed by atoms with Crippen LogP contribution >= 0.6 is 0 Å². The predicted molar refractivity (Wildman–Crippen MR) is 101 cm³/mol. The van der Waals surface area contributed by atoms with Crippen LogP contribution in [0.1, 0.15) is 61.8 Å². The second kappa shape index (κ2) is 9.87. The molecule has 0 aromatic heterocycles. The van der Waals surface area contributed by atoms with E-state index in [2.05, 4.69) is 6.92 Å². The zero-order chi connectivity index (χ0) is 18.1. The summed E-state index contributed by atoms with van der Waals surface area (Å²) in [5.41, 5.74) is 3.06. The number of carbonyl (C=O) groups excluding carboxylic acids is 1. The fraction of sp³-hybridized carbons (Fsp3) is 0.409. The van der Waals surface area contributed by atoms with Gasteiger partial charge < -0.3 is 9.47 Å². The van der Waals surface area contributed by atoms with Gasteiger partial charge in [-0.15, -0.1) is 0 Å². The van der Waals surface area contributed by atoms with E-state index < -0.39 is 6.16 Å². The molecule has 2 rings (SSSR count). The van der Waals surface area contributed by atoms with Gasteiger partial charge in [-0.05, 0) is 49.4 Å². The first-order chi connectivity index (χ1) is 12.1. The van der Waals surface area contributed by atoms with Crippen LogP contribution < -0.4 is 4.74 Å². The van der Waals surface area contributed by atoms with Gasteiger partial charge in [0.25, 0.3) is 0 Å². The Morgan fingerprint density at radius 3 is 2.44 bits per heavy atom. The number of hydrogen-bond acceptors (Lipinski definition) is 3. The van der Waals surface area contributed by atoms with Gasteiger partial charge in [0.15, 0.2) is 0 Å². The van der Waals surface area contributed by atoms with Gasteiger partial charge in [-0.3, -0.25) is 0 Å². The van der Waals surface area contributed by atoms with Gasteiger partial charge in [0, 0.05) is 0 Å². The van der Waals surface area contributed by atoms with Crippen molar-refractivity contribution in [3.8, 4) is 5.75 Å². The van der Waals surface area contributed by atoms with Gasteiger partial charge in [0.2, 0.25) is 0 Å². The Kier molecular flexibility index (Phi) is 7.52.